The van der Waals surface area contributed by atoms with Crippen LogP contribution in [0.3, 0.4) is 0 Å². The average molecular weight is 389 g/mol. The van der Waals surface area contributed by atoms with E-state index in [-0.39, 0.29) is 42.2 Å². The Morgan fingerprint density at radius 2 is 2.08 bits per heavy atom. The first kappa shape index (κ1) is 21.7. The number of halogens is 2. The van der Waals surface area contributed by atoms with Gasteiger partial charge in [-0.3, -0.25) is 4.79 Å². The molecular weight excluding hydrogens is 363 g/mol. The van der Waals surface area contributed by atoms with Gasteiger partial charge in [0.2, 0.25) is 5.91 Å². The van der Waals surface area contributed by atoms with Crippen LogP contribution in [0.2, 0.25) is 0 Å². The van der Waals surface area contributed by atoms with Crippen molar-refractivity contribution in [2.45, 2.75) is 45.4 Å². The maximum absolute atomic E-state index is 12.6. The van der Waals surface area contributed by atoms with E-state index >= 15 is 0 Å². The third-order valence-electron chi connectivity index (χ3n) is 5.09. The largest absolute Gasteiger partial charge is 0.378 e. The molecule has 0 spiro atoms. The van der Waals surface area contributed by atoms with Crippen LogP contribution in [0.4, 0.5) is 0 Å². The summed E-state index contributed by atoms with van der Waals surface area (Å²) in [6.07, 6.45) is 0.564. The van der Waals surface area contributed by atoms with E-state index in [1.165, 1.54) is 0 Å². The summed E-state index contributed by atoms with van der Waals surface area (Å²) in [5, 5.41) is 2.91. The second-order valence-corrected chi connectivity index (χ2v) is 6.72. The van der Waals surface area contributed by atoms with Crippen molar-refractivity contribution in [1.29, 1.82) is 0 Å². The Hall–Kier alpha value is -1.34. The Bertz CT molecular complexity index is 701. The molecule has 1 amide bonds. The Morgan fingerprint density at radius 3 is 2.68 bits per heavy atom. The number of H-pyrrole nitrogens is 1. The first-order chi connectivity index (χ1) is 10.9. The molecule has 1 aromatic carbocycles. The third-order valence-corrected chi connectivity index (χ3v) is 5.09. The molecule has 1 aromatic heterocycles. The van der Waals surface area contributed by atoms with E-state index in [0.717, 1.165) is 16.9 Å². The summed E-state index contributed by atoms with van der Waals surface area (Å²) >= 11 is 0. The maximum atomic E-state index is 12.6. The molecule has 0 saturated heterocycles. The summed E-state index contributed by atoms with van der Waals surface area (Å²) in [7, 11) is 0. The molecule has 2 atom stereocenters. The van der Waals surface area contributed by atoms with Crippen LogP contribution < -0.4 is 11.1 Å². The van der Waals surface area contributed by atoms with Gasteiger partial charge in [-0.1, -0.05) is 26.0 Å². The van der Waals surface area contributed by atoms with Gasteiger partial charge in [0, 0.05) is 18.4 Å². The third kappa shape index (κ3) is 3.62. The Kier molecular flexibility index (Phi) is 6.87. The number of nitrogens with two attached hydrogens (primary N) is 1. The number of imidazole rings is 1. The number of carbonyl (C=O) groups excluding carboxylic acids is 1. The Balaban J connectivity index is 0.00000156. The first-order valence-electron chi connectivity index (χ1n) is 8.01. The molecule has 140 valence electrons. The number of para-hydroxylation sites is 2. The van der Waals surface area contributed by atoms with Crippen LogP contribution in [0, 0.1) is 5.41 Å². The lowest BCUT2D eigenvalue weighted by Gasteiger charge is -2.57. The van der Waals surface area contributed by atoms with Gasteiger partial charge in [0.15, 0.2) is 0 Å². The van der Waals surface area contributed by atoms with Gasteiger partial charge in [0.1, 0.15) is 11.4 Å². The van der Waals surface area contributed by atoms with E-state index in [0.29, 0.717) is 19.6 Å². The summed E-state index contributed by atoms with van der Waals surface area (Å²) < 4.78 is 5.66. The van der Waals surface area contributed by atoms with Crippen molar-refractivity contribution in [3.8, 4) is 0 Å². The van der Waals surface area contributed by atoms with Crippen LogP contribution in [-0.4, -0.2) is 34.1 Å². The van der Waals surface area contributed by atoms with Crippen LogP contribution in [0.1, 0.15) is 33.0 Å². The zero-order valence-electron chi connectivity index (χ0n) is 14.7. The fraction of sp³-hybridized carbons (Fsp3) is 0.529. The number of benzene rings is 1. The summed E-state index contributed by atoms with van der Waals surface area (Å²) in [5.74, 6) is 0.570. The van der Waals surface area contributed by atoms with Gasteiger partial charge in [0.05, 0.1) is 23.7 Å². The molecule has 0 bridgehead atoms. The number of aromatic amines is 1. The van der Waals surface area contributed by atoms with Crippen molar-refractivity contribution >= 4 is 41.8 Å². The molecule has 0 radical (unpaired) electrons. The van der Waals surface area contributed by atoms with Gasteiger partial charge in [-0.05, 0) is 19.1 Å². The summed E-state index contributed by atoms with van der Waals surface area (Å²) in [4.78, 5) is 20.2. The molecule has 6 nitrogen and oxygen atoms in total. The summed E-state index contributed by atoms with van der Waals surface area (Å²) in [6.45, 7) is 6.88. The number of amides is 1. The van der Waals surface area contributed by atoms with Crippen molar-refractivity contribution in [3.63, 3.8) is 0 Å². The van der Waals surface area contributed by atoms with E-state index in [4.69, 9.17) is 10.5 Å². The van der Waals surface area contributed by atoms with Gasteiger partial charge in [-0.15, -0.1) is 24.8 Å². The number of nitrogens with one attached hydrogen (secondary N) is 2. The predicted molar refractivity (Wildman–Crippen MR) is 103 cm³/mol. The fourth-order valence-electron chi connectivity index (χ4n) is 3.23. The van der Waals surface area contributed by atoms with Crippen molar-refractivity contribution in [2.24, 2.45) is 11.1 Å². The monoisotopic (exact) mass is 388 g/mol. The quantitative estimate of drug-likeness (QED) is 0.733. The highest BCUT2D eigenvalue weighted by molar-refractivity contribution is 5.88. The molecule has 2 aromatic rings. The van der Waals surface area contributed by atoms with E-state index in [2.05, 4.69) is 15.3 Å². The Morgan fingerprint density at radius 1 is 1.40 bits per heavy atom. The number of hydrogen-bond donors (Lipinski definition) is 3. The lowest BCUT2D eigenvalue weighted by Crippen LogP contribution is -2.75. The van der Waals surface area contributed by atoms with Crippen LogP contribution in [-0.2, 0) is 16.1 Å². The van der Waals surface area contributed by atoms with Gasteiger partial charge in [-0.2, -0.15) is 0 Å². The summed E-state index contributed by atoms with van der Waals surface area (Å²) in [6, 6.07) is 7.77. The highest BCUT2D eigenvalue weighted by Gasteiger charge is 2.62. The minimum atomic E-state index is -0.904. The molecule has 1 fully saturated rings. The van der Waals surface area contributed by atoms with E-state index in [1.54, 1.807) is 0 Å². The van der Waals surface area contributed by atoms with Crippen molar-refractivity contribution in [1.82, 2.24) is 15.3 Å². The van der Waals surface area contributed by atoms with Crippen LogP contribution in [0.5, 0.6) is 0 Å². The lowest BCUT2D eigenvalue weighted by atomic mass is 9.54. The Labute approximate surface area is 160 Å². The van der Waals surface area contributed by atoms with Crippen LogP contribution in [0.15, 0.2) is 24.3 Å². The molecule has 0 aliphatic heterocycles. The number of ether oxygens (including phenoxy) is 1. The number of nitrogens with zero attached hydrogens (tertiary/aromatic N) is 1. The molecule has 1 aliphatic rings. The highest BCUT2D eigenvalue weighted by Crippen LogP contribution is 2.49. The van der Waals surface area contributed by atoms with Gasteiger partial charge in [-0.25, -0.2) is 4.98 Å². The molecular formula is C17H26Cl2N4O2. The smallest absolute Gasteiger partial charge is 0.241 e. The number of fused-ring (bicyclic) bond motifs is 1. The molecule has 8 heteroatoms. The lowest BCUT2D eigenvalue weighted by molar-refractivity contribution is -0.170. The zero-order valence-corrected chi connectivity index (χ0v) is 16.3. The minimum Gasteiger partial charge on any atom is -0.378 e. The predicted octanol–water partition coefficient (Wildman–Crippen LogP) is 2.56. The fourth-order valence-corrected chi connectivity index (χ4v) is 3.23. The van der Waals surface area contributed by atoms with Crippen molar-refractivity contribution in [3.05, 3.63) is 30.1 Å². The van der Waals surface area contributed by atoms with Crippen molar-refractivity contribution in [2.75, 3.05) is 6.61 Å². The van der Waals surface area contributed by atoms with Gasteiger partial charge in [0.25, 0.3) is 0 Å². The standard InChI is InChI=1S/C17H24N4O2.2ClH/c1-4-23-13-9-17(18,16(13,2)3)15(22)19-10-14-20-11-7-5-6-8-12(11)21-14;;/h5-8,13H,4,9-10,18H2,1-3H3,(H,19,22)(H,20,21);2*1H. The molecule has 1 aliphatic carbocycles. The molecule has 1 saturated carbocycles. The van der Waals surface area contributed by atoms with Crippen LogP contribution in [0.25, 0.3) is 11.0 Å². The SMILES string of the molecule is CCOC1CC(N)(C(=O)NCc2nc3ccccc3[nH]2)C1(C)C.Cl.Cl. The average Bonchev–Trinajstić information content (AvgIpc) is 2.95. The van der Waals surface area contributed by atoms with Gasteiger partial charge >= 0.3 is 0 Å². The molecule has 2 unspecified atom stereocenters. The number of carbonyl (C=O) groups is 1. The molecule has 3 rings (SSSR count). The zero-order chi connectivity index (χ0) is 16.7. The second-order valence-electron chi connectivity index (χ2n) is 6.72. The summed E-state index contributed by atoms with van der Waals surface area (Å²) in [5.41, 5.74) is 6.92. The number of hydrogen-bond acceptors (Lipinski definition) is 4. The minimum absolute atomic E-state index is 0. The van der Waals surface area contributed by atoms with E-state index in [1.807, 2.05) is 45.0 Å². The number of aromatic nitrogens is 2. The van der Waals surface area contributed by atoms with Gasteiger partial charge < -0.3 is 20.8 Å². The van der Waals surface area contributed by atoms with E-state index in [9.17, 15) is 4.79 Å². The maximum Gasteiger partial charge on any atom is 0.241 e. The molecule has 4 N–H and O–H groups in total. The molecule has 1 heterocycles. The highest BCUT2D eigenvalue weighted by atomic mass is 35.5. The first-order valence-corrected chi connectivity index (χ1v) is 8.01. The molecule has 25 heavy (non-hydrogen) atoms. The van der Waals surface area contributed by atoms with Crippen molar-refractivity contribution < 1.29 is 9.53 Å². The van der Waals surface area contributed by atoms with Crippen LogP contribution >= 0.6 is 24.8 Å². The number of rotatable bonds is 5. The van der Waals surface area contributed by atoms with E-state index < -0.39 is 5.54 Å². The second kappa shape index (κ2) is 7.91. The normalized spacial score (nSPS) is 23.9. The topological polar surface area (TPSA) is 93.0 Å².